The third-order valence-electron chi connectivity index (χ3n) is 4.49. The minimum absolute atomic E-state index is 0.104. The molecule has 7 nitrogen and oxygen atoms in total. The number of imidazole rings is 1. The number of pyridine rings is 2. The molecule has 4 aromatic rings. The summed E-state index contributed by atoms with van der Waals surface area (Å²) in [5, 5.41) is 4.50. The van der Waals surface area contributed by atoms with E-state index in [1.54, 1.807) is 0 Å². The number of benzene rings is 1. The number of nitrogens with one attached hydrogen (secondary N) is 3. The molecule has 1 amide bonds. The standard InChI is InChI=1S/C20H11ClF6N6O/c21-11-3-1-2-10(20(25,26)27)16(11)33-18-30-12-7-13(29-8-14(12)31-18)17(34)32-15-6-9(4-5-28-15)19(22,23)24/h1-8H,(H,28,32,34)(H2,30,31,33). The maximum Gasteiger partial charge on any atom is 0.418 e. The third kappa shape index (κ3) is 4.88. The van der Waals surface area contributed by atoms with E-state index in [4.69, 9.17) is 11.6 Å². The molecule has 0 saturated heterocycles. The van der Waals surface area contributed by atoms with Gasteiger partial charge in [-0.1, -0.05) is 17.7 Å². The van der Waals surface area contributed by atoms with E-state index in [2.05, 4.69) is 30.6 Å². The van der Waals surface area contributed by atoms with Crippen molar-refractivity contribution in [2.24, 2.45) is 0 Å². The van der Waals surface area contributed by atoms with Gasteiger partial charge in [0.05, 0.1) is 33.6 Å². The van der Waals surface area contributed by atoms with Gasteiger partial charge < -0.3 is 15.6 Å². The first-order chi connectivity index (χ1) is 15.9. The Morgan fingerprint density at radius 2 is 1.76 bits per heavy atom. The molecule has 0 unspecified atom stereocenters. The second-order valence-corrected chi connectivity index (χ2v) is 7.25. The molecule has 4 rings (SSSR count). The number of anilines is 3. The van der Waals surface area contributed by atoms with Gasteiger partial charge >= 0.3 is 12.4 Å². The van der Waals surface area contributed by atoms with Crippen LogP contribution in [-0.2, 0) is 12.4 Å². The van der Waals surface area contributed by atoms with Crippen molar-refractivity contribution in [2.75, 3.05) is 10.6 Å². The predicted molar refractivity (Wildman–Crippen MR) is 111 cm³/mol. The molecule has 0 spiro atoms. The summed E-state index contributed by atoms with van der Waals surface area (Å²) >= 11 is 5.92. The smallest absolute Gasteiger partial charge is 0.324 e. The predicted octanol–water partition coefficient (Wildman–Crippen LogP) is 6.04. The lowest BCUT2D eigenvalue weighted by Gasteiger charge is -2.14. The normalized spacial score (nSPS) is 12.1. The number of carbonyl (C=O) groups excluding carboxylic acids is 1. The van der Waals surface area contributed by atoms with Gasteiger partial charge in [0.2, 0.25) is 5.95 Å². The lowest BCUT2D eigenvalue weighted by atomic mass is 10.1. The fraction of sp³-hybridized carbons (Fsp3) is 0.100. The van der Waals surface area contributed by atoms with E-state index in [1.807, 2.05) is 0 Å². The molecule has 14 heteroatoms. The van der Waals surface area contributed by atoms with Gasteiger partial charge in [0, 0.05) is 6.20 Å². The highest BCUT2D eigenvalue weighted by Crippen LogP contribution is 2.39. The number of aromatic amines is 1. The van der Waals surface area contributed by atoms with Crippen LogP contribution in [0.3, 0.4) is 0 Å². The average molecular weight is 501 g/mol. The second-order valence-electron chi connectivity index (χ2n) is 6.84. The molecule has 0 aliphatic carbocycles. The number of para-hydroxylation sites is 1. The Morgan fingerprint density at radius 3 is 2.47 bits per heavy atom. The van der Waals surface area contributed by atoms with Crippen LogP contribution in [0, 0.1) is 0 Å². The Hall–Kier alpha value is -3.87. The summed E-state index contributed by atoms with van der Waals surface area (Å²) in [5.41, 5.74) is -2.19. The van der Waals surface area contributed by atoms with Crippen LogP contribution in [0.25, 0.3) is 11.0 Å². The lowest BCUT2D eigenvalue weighted by Crippen LogP contribution is -2.15. The highest BCUT2D eigenvalue weighted by molar-refractivity contribution is 6.33. The van der Waals surface area contributed by atoms with Crippen LogP contribution in [0.2, 0.25) is 5.02 Å². The van der Waals surface area contributed by atoms with Gasteiger partial charge in [-0.05, 0) is 30.3 Å². The van der Waals surface area contributed by atoms with Crippen LogP contribution in [-0.4, -0.2) is 25.8 Å². The van der Waals surface area contributed by atoms with Gasteiger partial charge in [0.1, 0.15) is 17.0 Å². The molecule has 3 aromatic heterocycles. The van der Waals surface area contributed by atoms with Crippen LogP contribution in [0.5, 0.6) is 0 Å². The molecular formula is C20H11ClF6N6O. The van der Waals surface area contributed by atoms with Crippen molar-refractivity contribution < 1.29 is 31.1 Å². The van der Waals surface area contributed by atoms with Gasteiger partial charge in [0.25, 0.3) is 5.91 Å². The zero-order chi connectivity index (χ0) is 24.7. The van der Waals surface area contributed by atoms with E-state index in [1.165, 1.54) is 18.3 Å². The monoisotopic (exact) mass is 500 g/mol. The van der Waals surface area contributed by atoms with Crippen LogP contribution < -0.4 is 10.6 Å². The first kappa shape index (κ1) is 23.3. The molecule has 3 heterocycles. The zero-order valence-corrected chi connectivity index (χ0v) is 17.3. The summed E-state index contributed by atoms with van der Waals surface area (Å²) < 4.78 is 78.4. The first-order valence-electron chi connectivity index (χ1n) is 9.25. The van der Waals surface area contributed by atoms with Crippen LogP contribution in [0.4, 0.5) is 43.8 Å². The maximum absolute atomic E-state index is 13.3. The molecule has 3 N–H and O–H groups in total. The van der Waals surface area contributed by atoms with Crippen molar-refractivity contribution in [1.29, 1.82) is 0 Å². The summed E-state index contributed by atoms with van der Waals surface area (Å²) in [6.45, 7) is 0. The molecule has 0 radical (unpaired) electrons. The number of carbonyl (C=O) groups is 1. The van der Waals surface area contributed by atoms with Crippen molar-refractivity contribution in [3.63, 3.8) is 0 Å². The van der Waals surface area contributed by atoms with Crippen molar-refractivity contribution in [3.05, 3.63) is 70.6 Å². The van der Waals surface area contributed by atoms with E-state index in [-0.39, 0.29) is 33.5 Å². The molecule has 1 aromatic carbocycles. The Morgan fingerprint density at radius 1 is 1.00 bits per heavy atom. The number of amides is 1. The molecular weight excluding hydrogens is 490 g/mol. The summed E-state index contributed by atoms with van der Waals surface area (Å²) in [4.78, 5) is 26.8. The highest BCUT2D eigenvalue weighted by atomic mass is 35.5. The Balaban J connectivity index is 1.59. The number of halogens is 7. The van der Waals surface area contributed by atoms with E-state index in [9.17, 15) is 31.1 Å². The van der Waals surface area contributed by atoms with Gasteiger partial charge in [-0.2, -0.15) is 26.3 Å². The topological polar surface area (TPSA) is 95.6 Å². The minimum Gasteiger partial charge on any atom is -0.324 e. The first-order valence-corrected chi connectivity index (χ1v) is 9.63. The number of fused-ring (bicyclic) bond motifs is 1. The van der Waals surface area contributed by atoms with Gasteiger partial charge in [-0.25, -0.2) is 15.0 Å². The van der Waals surface area contributed by atoms with Crippen LogP contribution >= 0.6 is 11.6 Å². The summed E-state index contributed by atoms with van der Waals surface area (Å²) in [7, 11) is 0. The number of hydrogen-bond acceptors (Lipinski definition) is 5. The molecule has 0 saturated carbocycles. The fourth-order valence-corrected chi connectivity index (χ4v) is 3.18. The maximum atomic E-state index is 13.3. The lowest BCUT2D eigenvalue weighted by molar-refractivity contribution is -0.138. The van der Waals surface area contributed by atoms with Crippen LogP contribution in [0.15, 0.2) is 48.8 Å². The van der Waals surface area contributed by atoms with Gasteiger partial charge in [0.15, 0.2) is 0 Å². The van der Waals surface area contributed by atoms with E-state index < -0.39 is 35.1 Å². The number of nitrogens with zero attached hydrogens (tertiary/aromatic N) is 3. The zero-order valence-electron chi connectivity index (χ0n) is 16.5. The SMILES string of the molecule is O=C(Nc1cc(C(F)(F)F)ccn1)c1cc2[nH]c(Nc3c(Cl)cccc3C(F)(F)F)nc2cn1. The van der Waals surface area contributed by atoms with E-state index >= 15 is 0 Å². The Labute approximate surface area is 191 Å². The minimum atomic E-state index is -4.68. The largest absolute Gasteiger partial charge is 0.418 e. The number of rotatable bonds is 4. The Bertz CT molecular complexity index is 1380. The third-order valence-corrected chi connectivity index (χ3v) is 4.81. The summed E-state index contributed by atoms with van der Waals surface area (Å²) in [6.07, 6.45) is -7.23. The molecule has 0 aliphatic heterocycles. The van der Waals surface area contributed by atoms with E-state index in [0.717, 1.165) is 24.4 Å². The number of hydrogen-bond donors (Lipinski definition) is 3. The molecule has 0 bridgehead atoms. The van der Waals surface area contributed by atoms with Crippen molar-refractivity contribution in [2.45, 2.75) is 12.4 Å². The highest BCUT2D eigenvalue weighted by Gasteiger charge is 2.34. The van der Waals surface area contributed by atoms with Gasteiger partial charge in [-0.3, -0.25) is 4.79 Å². The molecule has 34 heavy (non-hydrogen) atoms. The number of H-pyrrole nitrogens is 1. The quantitative estimate of drug-likeness (QED) is 0.297. The second kappa shape index (κ2) is 8.48. The Kier molecular flexibility index (Phi) is 5.81. The van der Waals surface area contributed by atoms with Gasteiger partial charge in [-0.15, -0.1) is 0 Å². The van der Waals surface area contributed by atoms with Crippen molar-refractivity contribution >= 4 is 46.0 Å². The number of alkyl halides is 6. The van der Waals surface area contributed by atoms with Crippen LogP contribution in [0.1, 0.15) is 21.6 Å². The summed E-state index contributed by atoms with van der Waals surface area (Å²) in [5.74, 6) is -1.30. The van der Waals surface area contributed by atoms with E-state index in [0.29, 0.717) is 6.07 Å². The average Bonchev–Trinajstić information content (AvgIpc) is 3.15. The molecule has 0 fully saturated rings. The molecule has 0 aliphatic rings. The summed E-state index contributed by atoms with van der Waals surface area (Å²) in [6, 6.07) is 5.92. The van der Waals surface area contributed by atoms with Crippen molar-refractivity contribution in [1.82, 2.24) is 19.9 Å². The number of aromatic nitrogens is 4. The fourth-order valence-electron chi connectivity index (χ4n) is 2.96. The van der Waals surface area contributed by atoms with Crippen molar-refractivity contribution in [3.8, 4) is 0 Å². The molecule has 0 atom stereocenters. The molecule has 176 valence electrons.